The summed E-state index contributed by atoms with van der Waals surface area (Å²) in [6.45, 7) is 1.67. The standard InChI is InChI=1S/C16H29N3O2/c1-18(2)10-11-19-15(14(21-3)12-17-19)16(20)13-8-6-4-5-7-9-13/h12-13,16,20H,4-11H2,1-3H3. The fraction of sp³-hybridized carbons (Fsp3) is 0.812. The fourth-order valence-electron chi connectivity index (χ4n) is 3.16. The molecule has 0 saturated heterocycles. The highest BCUT2D eigenvalue weighted by Crippen LogP contribution is 2.37. The smallest absolute Gasteiger partial charge is 0.162 e. The van der Waals surface area contributed by atoms with Crippen LogP contribution in [0, 0.1) is 5.92 Å². The summed E-state index contributed by atoms with van der Waals surface area (Å²) in [5.41, 5.74) is 0.853. The highest BCUT2D eigenvalue weighted by atomic mass is 16.5. The Kier molecular flexibility index (Phi) is 6.06. The number of aliphatic hydroxyl groups excluding tert-OH is 1. The fourth-order valence-corrected chi connectivity index (χ4v) is 3.16. The first-order chi connectivity index (χ1) is 10.1. The van der Waals surface area contributed by atoms with Gasteiger partial charge in [-0.15, -0.1) is 0 Å². The van der Waals surface area contributed by atoms with Gasteiger partial charge in [-0.1, -0.05) is 25.7 Å². The van der Waals surface area contributed by atoms with Crippen molar-refractivity contribution in [3.05, 3.63) is 11.9 Å². The van der Waals surface area contributed by atoms with Crippen LogP contribution in [0.2, 0.25) is 0 Å². The van der Waals surface area contributed by atoms with E-state index in [1.165, 1.54) is 25.7 Å². The third-order valence-electron chi connectivity index (χ3n) is 4.45. The largest absolute Gasteiger partial charge is 0.493 e. The minimum atomic E-state index is -0.470. The molecule has 0 radical (unpaired) electrons. The maximum atomic E-state index is 10.9. The molecule has 21 heavy (non-hydrogen) atoms. The number of likely N-dealkylation sites (N-methyl/N-ethyl adjacent to an activating group) is 1. The Morgan fingerprint density at radius 2 is 2.00 bits per heavy atom. The molecule has 0 amide bonds. The predicted molar refractivity (Wildman–Crippen MR) is 83.5 cm³/mol. The number of methoxy groups -OCH3 is 1. The third-order valence-corrected chi connectivity index (χ3v) is 4.45. The number of hydrogen-bond donors (Lipinski definition) is 1. The molecule has 1 aromatic rings. The lowest BCUT2D eigenvalue weighted by Gasteiger charge is -2.23. The summed E-state index contributed by atoms with van der Waals surface area (Å²) in [7, 11) is 5.74. The van der Waals surface area contributed by atoms with Crippen LogP contribution in [0.25, 0.3) is 0 Å². The molecular formula is C16H29N3O2. The average Bonchev–Trinajstić information content (AvgIpc) is 2.68. The van der Waals surface area contributed by atoms with E-state index in [4.69, 9.17) is 4.74 Å². The molecule has 1 unspecified atom stereocenters. The number of aliphatic hydroxyl groups is 1. The topological polar surface area (TPSA) is 50.5 Å². The van der Waals surface area contributed by atoms with E-state index < -0.39 is 6.10 Å². The number of ether oxygens (including phenoxy) is 1. The summed E-state index contributed by atoms with van der Waals surface area (Å²) in [5, 5.41) is 15.3. The highest BCUT2D eigenvalue weighted by Gasteiger charge is 2.28. The van der Waals surface area contributed by atoms with Gasteiger partial charge in [-0.3, -0.25) is 4.68 Å². The second kappa shape index (κ2) is 7.80. The molecule has 1 saturated carbocycles. The zero-order chi connectivity index (χ0) is 15.2. The molecule has 5 nitrogen and oxygen atoms in total. The lowest BCUT2D eigenvalue weighted by molar-refractivity contribution is 0.0867. The SMILES string of the molecule is COc1cnn(CCN(C)C)c1C(O)C1CCCCCC1. The van der Waals surface area contributed by atoms with E-state index in [0.29, 0.717) is 11.7 Å². The molecule has 0 spiro atoms. The first-order valence-electron chi connectivity index (χ1n) is 8.06. The van der Waals surface area contributed by atoms with E-state index in [9.17, 15) is 5.11 Å². The van der Waals surface area contributed by atoms with Gasteiger partial charge in [-0.25, -0.2) is 0 Å². The van der Waals surface area contributed by atoms with Gasteiger partial charge in [-0.2, -0.15) is 5.10 Å². The molecule has 2 rings (SSSR count). The summed E-state index contributed by atoms with van der Waals surface area (Å²) in [5.74, 6) is 1.04. The van der Waals surface area contributed by atoms with Crippen molar-refractivity contribution >= 4 is 0 Å². The second-order valence-electron chi connectivity index (χ2n) is 6.32. The summed E-state index contributed by atoms with van der Waals surface area (Å²) in [6, 6.07) is 0. The monoisotopic (exact) mass is 295 g/mol. The van der Waals surface area contributed by atoms with Gasteiger partial charge in [0.15, 0.2) is 5.75 Å². The predicted octanol–water partition coefficient (Wildman–Crippen LogP) is 2.46. The van der Waals surface area contributed by atoms with Gasteiger partial charge < -0.3 is 14.7 Å². The lowest BCUT2D eigenvalue weighted by atomic mass is 9.91. The Balaban J connectivity index is 2.16. The Morgan fingerprint density at radius 3 is 2.57 bits per heavy atom. The minimum Gasteiger partial charge on any atom is -0.493 e. The summed E-state index contributed by atoms with van der Waals surface area (Å²) in [4.78, 5) is 2.12. The van der Waals surface area contributed by atoms with E-state index in [1.807, 2.05) is 18.8 Å². The summed E-state index contributed by atoms with van der Waals surface area (Å²) >= 11 is 0. The zero-order valence-electron chi connectivity index (χ0n) is 13.6. The molecule has 1 fully saturated rings. The van der Waals surface area contributed by atoms with Crippen molar-refractivity contribution in [1.82, 2.24) is 14.7 Å². The lowest BCUT2D eigenvalue weighted by Crippen LogP contribution is -2.23. The Hall–Kier alpha value is -1.07. The van der Waals surface area contributed by atoms with Gasteiger partial charge in [0.2, 0.25) is 0 Å². The number of nitrogens with zero attached hydrogens (tertiary/aromatic N) is 3. The second-order valence-corrected chi connectivity index (χ2v) is 6.32. The molecule has 5 heteroatoms. The molecule has 1 atom stereocenters. The minimum absolute atomic E-state index is 0.330. The Labute approximate surface area is 127 Å². The van der Waals surface area contributed by atoms with E-state index >= 15 is 0 Å². The molecular weight excluding hydrogens is 266 g/mol. The van der Waals surface area contributed by atoms with Gasteiger partial charge >= 0.3 is 0 Å². The number of hydrogen-bond acceptors (Lipinski definition) is 4. The van der Waals surface area contributed by atoms with Crippen molar-refractivity contribution in [1.29, 1.82) is 0 Å². The molecule has 0 bridgehead atoms. The van der Waals surface area contributed by atoms with E-state index in [2.05, 4.69) is 10.00 Å². The summed E-state index contributed by atoms with van der Waals surface area (Å²) in [6.07, 6.45) is 8.48. The number of rotatable bonds is 6. The molecule has 120 valence electrons. The van der Waals surface area contributed by atoms with Gasteiger partial charge in [0, 0.05) is 6.54 Å². The van der Waals surface area contributed by atoms with Crippen molar-refractivity contribution < 1.29 is 9.84 Å². The van der Waals surface area contributed by atoms with Crippen molar-refractivity contribution in [3.8, 4) is 5.75 Å². The number of aromatic nitrogens is 2. The first-order valence-corrected chi connectivity index (χ1v) is 8.06. The van der Waals surface area contributed by atoms with Crippen LogP contribution in [-0.2, 0) is 6.54 Å². The van der Waals surface area contributed by atoms with Crippen LogP contribution in [0.15, 0.2) is 6.20 Å². The van der Waals surface area contributed by atoms with Gasteiger partial charge in [0.05, 0.1) is 19.9 Å². The third kappa shape index (κ3) is 4.20. The normalized spacial score (nSPS) is 18.7. The molecule has 1 N–H and O–H groups in total. The van der Waals surface area contributed by atoms with Crippen LogP contribution in [0.4, 0.5) is 0 Å². The van der Waals surface area contributed by atoms with E-state index in [1.54, 1.807) is 13.3 Å². The van der Waals surface area contributed by atoms with Crippen molar-refractivity contribution in [3.63, 3.8) is 0 Å². The molecule has 0 aromatic carbocycles. The van der Waals surface area contributed by atoms with Crippen molar-refractivity contribution in [2.75, 3.05) is 27.7 Å². The summed E-state index contributed by atoms with van der Waals surface area (Å²) < 4.78 is 7.33. The van der Waals surface area contributed by atoms with E-state index in [0.717, 1.165) is 31.6 Å². The average molecular weight is 295 g/mol. The van der Waals surface area contributed by atoms with Crippen molar-refractivity contribution in [2.45, 2.75) is 51.2 Å². The van der Waals surface area contributed by atoms with Crippen molar-refractivity contribution in [2.24, 2.45) is 5.92 Å². The van der Waals surface area contributed by atoms with E-state index in [-0.39, 0.29) is 0 Å². The van der Waals surface area contributed by atoms with Crippen LogP contribution in [0.3, 0.4) is 0 Å². The quantitative estimate of drug-likeness (QED) is 0.819. The Morgan fingerprint density at radius 1 is 1.33 bits per heavy atom. The van der Waals surface area contributed by atoms with Crippen LogP contribution in [0.1, 0.15) is 50.3 Å². The Bertz CT molecular complexity index is 423. The molecule has 1 heterocycles. The van der Waals surface area contributed by atoms with Crippen LogP contribution < -0.4 is 4.74 Å². The van der Waals surface area contributed by atoms with Crippen LogP contribution in [-0.4, -0.2) is 47.5 Å². The first kappa shape index (κ1) is 16.3. The molecule has 1 aliphatic carbocycles. The van der Waals surface area contributed by atoms with Gasteiger partial charge in [-0.05, 0) is 32.9 Å². The maximum Gasteiger partial charge on any atom is 0.162 e. The highest BCUT2D eigenvalue weighted by molar-refractivity contribution is 5.27. The van der Waals surface area contributed by atoms with Gasteiger partial charge in [0.25, 0.3) is 0 Å². The van der Waals surface area contributed by atoms with Gasteiger partial charge in [0.1, 0.15) is 11.8 Å². The maximum absolute atomic E-state index is 10.9. The van der Waals surface area contributed by atoms with Crippen LogP contribution in [0.5, 0.6) is 5.75 Å². The molecule has 0 aliphatic heterocycles. The molecule has 1 aliphatic rings. The van der Waals surface area contributed by atoms with Crippen LogP contribution >= 0.6 is 0 Å². The zero-order valence-corrected chi connectivity index (χ0v) is 13.6. The molecule has 1 aromatic heterocycles.